The Morgan fingerprint density at radius 1 is 1.15 bits per heavy atom. The summed E-state index contributed by atoms with van der Waals surface area (Å²) in [7, 11) is 0. The number of amides is 1. The summed E-state index contributed by atoms with van der Waals surface area (Å²) in [5.41, 5.74) is 5.85. The van der Waals surface area contributed by atoms with E-state index in [0.29, 0.717) is 12.3 Å². The van der Waals surface area contributed by atoms with E-state index in [-0.39, 0.29) is 11.8 Å². The maximum atomic E-state index is 12.9. The lowest BCUT2D eigenvalue weighted by Crippen LogP contribution is -2.41. The molecule has 1 aliphatic heterocycles. The first-order valence-electron chi connectivity index (χ1n) is 11.5. The van der Waals surface area contributed by atoms with Crippen molar-refractivity contribution in [3.8, 4) is 0 Å². The van der Waals surface area contributed by atoms with Gasteiger partial charge in [-0.1, -0.05) is 17.7 Å². The fourth-order valence-electron chi connectivity index (χ4n) is 5.34. The predicted molar refractivity (Wildman–Crippen MR) is 139 cm³/mol. The van der Waals surface area contributed by atoms with Crippen LogP contribution in [0.15, 0.2) is 57.9 Å². The van der Waals surface area contributed by atoms with Crippen LogP contribution in [-0.2, 0) is 24.1 Å². The van der Waals surface area contributed by atoms with Gasteiger partial charge in [0.25, 0.3) is 0 Å². The molecule has 0 saturated carbocycles. The third-order valence-electron chi connectivity index (χ3n) is 7.06. The molecule has 176 valence electrons. The zero-order chi connectivity index (χ0) is 23.8. The van der Waals surface area contributed by atoms with E-state index in [1.165, 1.54) is 29.1 Å². The highest BCUT2D eigenvalue weighted by Gasteiger charge is 2.35. The first kappa shape index (κ1) is 23.8. The first-order chi connectivity index (χ1) is 16.4. The van der Waals surface area contributed by atoms with Crippen LogP contribution in [0.3, 0.4) is 0 Å². The minimum atomic E-state index is 0.111. The maximum Gasteiger partial charge on any atom is 0.226 e. The Morgan fingerprint density at radius 3 is 2.62 bits per heavy atom. The molecule has 0 N–H and O–H groups in total. The smallest absolute Gasteiger partial charge is 0.226 e. The Balaban J connectivity index is 1.39. The van der Waals surface area contributed by atoms with Gasteiger partial charge in [-0.15, -0.1) is 0 Å². The average molecular weight is 606 g/mol. The van der Waals surface area contributed by atoms with Gasteiger partial charge < -0.3 is 10.1 Å². The summed E-state index contributed by atoms with van der Waals surface area (Å²) in [5.74, 6) is 0.672. The number of fused-ring (bicyclic) bond motifs is 2. The number of hydrogen-bond acceptors (Lipinski definition) is 3. The van der Waals surface area contributed by atoms with E-state index in [2.05, 4.69) is 44.0 Å². The van der Waals surface area contributed by atoms with Crippen molar-refractivity contribution in [2.45, 2.75) is 38.0 Å². The number of nitrogens with zero attached hydrogens (tertiary/aromatic N) is 3. The van der Waals surface area contributed by atoms with Crippen LogP contribution in [0.1, 0.15) is 46.7 Å². The summed E-state index contributed by atoms with van der Waals surface area (Å²) < 4.78 is 2.72. The average Bonchev–Trinajstić information content (AvgIpc) is 3.00. The molecule has 1 fully saturated rings. The number of carbonyl (C=O) groups excluding carboxylic acids is 1. The summed E-state index contributed by atoms with van der Waals surface area (Å²) in [6, 6.07) is 9.76. The van der Waals surface area contributed by atoms with Gasteiger partial charge >= 0.3 is 0 Å². The zero-order valence-electron chi connectivity index (χ0n) is 18.5. The Hall–Kier alpha value is -1.96. The van der Waals surface area contributed by atoms with E-state index in [4.69, 9.17) is 16.6 Å². The monoisotopic (exact) mass is 603 g/mol. The Labute approximate surface area is 221 Å². The number of carbonyl (C=O) groups is 1. The number of aromatic nitrogens is 2. The van der Waals surface area contributed by atoms with Crippen molar-refractivity contribution in [3.05, 3.63) is 96.0 Å². The summed E-state index contributed by atoms with van der Waals surface area (Å²) in [6.45, 7) is 1.45. The van der Waals surface area contributed by atoms with Gasteiger partial charge in [-0.25, -0.2) is 0 Å². The zero-order valence-corrected chi connectivity index (χ0v) is 22.4. The fourth-order valence-corrected chi connectivity index (χ4v) is 6.45. The Morgan fingerprint density at radius 2 is 1.88 bits per heavy atom. The van der Waals surface area contributed by atoms with Crippen LogP contribution < -0.4 is 4.73 Å². The van der Waals surface area contributed by atoms with Crippen molar-refractivity contribution in [1.82, 2.24) is 9.88 Å². The minimum absolute atomic E-state index is 0.111. The third-order valence-corrected chi connectivity index (χ3v) is 8.95. The molecule has 34 heavy (non-hydrogen) atoms. The van der Waals surface area contributed by atoms with Crippen LogP contribution >= 0.6 is 43.5 Å². The largest absolute Gasteiger partial charge is 0.619 e. The molecule has 5 rings (SSSR count). The number of halogens is 3. The van der Waals surface area contributed by atoms with Crippen LogP contribution in [-0.4, -0.2) is 28.9 Å². The SMILES string of the molecule is O=C(Cc1cc[n+]([O-])cc1)N1CCC([C@H]2c3ccc(Cl)c(Br)c3CCc3cc(Br)cnc32)CC1. The molecule has 1 aliphatic carbocycles. The third kappa shape index (κ3) is 4.75. The van der Waals surface area contributed by atoms with Crippen LogP contribution in [0, 0.1) is 11.1 Å². The van der Waals surface area contributed by atoms with E-state index >= 15 is 0 Å². The molecule has 1 amide bonds. The van der Waals surface area contributed by atoms with Crippen molar-refractivity contribution in [3.63, 3.8) is 0 Å². The highest BCUT2D eigenvalue weighted by atomic mass is 79.9. The van der Waals surface area contributed by atoms with Gasteiger partial charge in [-0.2, -0.15) is 4.73 Å². The number of piperidine rings is 1. The van der Waals surface area contributed by atoms with Gasteiger partial charge in [-0.3, -0.25) is 9.78 Å². The molecule has 0 bridgehead atoms. The predicted octanol–water partition coefficient (Wildman–Crippen LogP) is 5.61. The molecule has 2 aliphatic rings. The van der Waals surface area contributed by atoms with Crippen LogP contribution in [0.2, 0.25) is 5.02 Å². The molecule has 0 spiro atoms. The molecule has 5 nitrogen and oxygen atoms in total. The number of aryl methyl sites for hydroxylation is 1. The highest BCUT2D eigenvalue weighted by molar-refractivity contribution is 9.10. The lowest BCUT2D eigenvalue weighted by atomic mass is 9.76. The van der Waals surface area contributed by atoms with Crippen LogP contribution in [0.5, 0.6) is 0 Å². The quantitative estimate of drug-likeness (QED) is 0.288. The van der Waals surface area contributed by atoms with Crippen molar-refractivity contribution in [2.24, 2.45) is 5.92 Å². The summed E-state index contributed by atoms with van der Waals surface area (Å²) in [4.78, 5) is 19.8. The van der Waals surface area contributed by atoms with Crippen LogP contribution in [0.25, 0.3) is 0 Å². The molecule has 2 aromatic heterocycles. The number of benzene rings is 1. The second kappa shape index (κ2) is 9.96. The van der Waals surface area contributed by atoms with E-state index in [0.717, 1.165) is 68.7 Å². The van der Waals surface area contributed by atoms with Crippen molar-refractivity contribution < 1.29 is 9.52 Å². The highest BCUT2D eigenvalue weighted by Crippen LogP contribution is 2.45. The van der Waals surface area contributed by atoms with Gasteiger partial charge in [-0.05, 0) is 97.8 Å². The molecule has 8 heteroatoms. The van der Waals surface area contributed by atoms with Gasteiger partial charge in [0, 0.05) is 46.3 Å². The van der Waals surface area contributed by atoms with E-state index < -0.39 is 0 Å². The topological polar surface area (TPSA) is 60.1 Å². The van der Waals surface area contributed by atoms with Crippen LogP contribution in [0.4, 0.5) is 0 Å². The van der Waals surface area contributed by atoms with Crippen molar-refractivity contribution in [2.75, 3.05) is 13.1 Å². The lowest BCUT2D eigenvalue weighted by Gasteiger charge is -2.37. The number of likely N-dealkylation sites (tertiary alicyclic amines) is 1. The molecule has 3 aromatic rings. The molecule has 1 aromatic carbocycles. The number of rotatable bonds is 3. The molecular formula is C26H24Br2ClN3O2. The molecule has 0 unspecified atom stereocenters. The fraction of sp³-hybridized carbons (Fsp3) is 0.346. The van der Waals surface area contributed by atoms with E-state index in [1.807, 2.05) is 17.2 Å². The maximum absolute atomic E-state index is 12.9. The van der Waals surface area contributed by atoms with Crippen molar-refractivity contribution in [1.29, 1.82) is 0 Å². The number of hydrogen-bond donors (Lipinski definition) is 0. The van der Waals surface area contributed by atoms with E-state index in [1.54, 1.807) is 12.1 Å². The lowest BCUT2D eigenvalue weighted by molar-refractivity contribution is -0.605. The Bertz CT molecular complexity index is 1230. The minimum Gasteiger partial charge on any atom is -0.619 e. The second-order valence-electron chi connectivity index (χ2n) is 9.07. The molecule has 0 radical (unpaired) electrons. The second-order valence-corrected chi connectivity index (χ2v) is 11.2. The molecule has 1 saturated heterocycles. The molecular weight excluding hydrogens is 582 g/mol. The van der Waals surface area contributed by atoms with Gasteiger partial charge in [0.1, 0.15) is 0 Å². The summed E-state index contributed by atoms with van der Waals surface area (Å²) >= 11 is 13.8. The molecule has 1 atom stereocenters. The van der Waals surface area contributed by atoms with Gasteiger partial charge in [0.15, 0.2) is 12.4 Å². The standard InChI is InChI=1S/C26H24Br2ClN3O2/c27-19-14-18-1-2-21-20(3-4-22(29)25(21)28)24(26(18)30-15-19)17-7-9-31(10-8-17)23(33)13-16-5-11-32(34)12-6-16/h3-6,11-12,14-15,17,24H,1-2,7-10,13H2/t24-/m0/s1. The summed E-state index contributed by atoms with van der Waals surface area (Å²) in [5, 5.41) is 12.0. The molecule has 3 heterocycles. The first-order valence-corrected chi connectivity index (χ1v) is 13.4. The van der Waals surface area contributed by atoms with E-state index in [9.17, 15) is 10.0 Å². The van der Waals surface area contributed by atoms with Gasteiger partial charge in [0.2, 0.25) is 5.91 Å². The normalized spacial score (nSPS) is 18.2. The number of pyridine rings is 2. The Kier molecular flexibility index (Phi) is 6.96. The summed E-state index contributed by atoms with van der Waals surface area (Å²) in [6.07, 6.45) is 8.76. The van der Waals surface area contributed by atoms with Crippen molar-refractivity contribution >= 4 is 49.4 Å². The van der Waals surface area contributed by atoms with Gasteiger partial charge in [0.05, 0.1) is 17.1 Å².